The second-order valence-electron chi connectivity index (χ2n) is 10.8. The molecule has 1 heterocycles. The number of aliphatic hydroxyl groups is 3. The number of hydrogen-bond donors (Lipinski definition) is 4. The number of nitrogens with one attached hydrogen (secondary N) is 1. The summed E-state index contributed by atoms with van der Waals surface area (Å²) in [6.07, 6.45) is 6.01. The monoisotopic (exact) mass is 672 g/mol. The quantitative estimate of drug-likeness (QED) is 0.263. The molecule has 4 N–H and O–H groups in total. The Hall–Kier alpha value is -1.93. The standard InChI is InChI=1S/C29H41IN2O8/c1-38-25-13-19(17-34)12-21(30)27(25)40-24-15-20(28(36)31-9-10-33)14-22(26(24)35)32(16-18-6-3-2-4-7-18)29(37)23-8-5-11-39-23/h12-13,15,18,22-24,26,33-35H,2-11,14,16-17H2,1H3,(H,31,36). The smallest absolute Gasteiger partial charge is 0.252 e. The number of nitrogens with zero attached hydrogens (tertiary/aromatic N) is 1. The number of carbonyl (C=O) groups excluding carboxylic acids is 2. The van der Waals surface area contributed by atoms with E-state index in [1.165, 1.54) is 13.5 Å². The van der Waals surface area contributed by atoms with E-state index in [0.29, 0.717) is 51.7 Å². The highest BCUT2D eigenvalue weighted by Crippen LogP contribution is 2.38. The molecule has 0 bridgehead atoms. The molecule has 0 radical (unpaired) electrons. The molecular weight excluding hydrogens is 631 g/mol. The summed E-state index contributed by atoms with van der Waals surface area (Å²) in [7, 11) is 1.50. The van der Waals surface area contributed by atoms with Gasteiger partial charge in [-0.1, -0.05) is 19.3 Å². The topological polar surface area (TPSA) is 138 Å². The molecule has 11 heteroatoms. The lowest BCUT2D eigenvalue weighted by atomic mass is 9.85. The third kappa shape index (κ3) is 7.47. The van der Waals surface area contributed by atoms with Crippen LogP contribution in [0.1, 0.15) is 56.9 Å². The van der Waals surface area contributed by atoms with E-state index in [2.05, 4.69) is 27.9 Å². The first-order valence-corrected chi connectivity index (χ1v) is 15.3. The van der Waals surface area contributed by atoms with Crippen molar-refractivity contribution in [3.63, 3.8) is 0 Å². The molecule has 3 aliphatic rings. The highest BCUT2D eigenvalue weighted by atomic mass is 127. The largest absolute Gasteiger partial charge is 0.493 e. The van der Waals surface area contributed by atoms with Gasteiger partial charge in [-0.25, -0.2) is 0 Å². The molecule has 1 saturated carbocycles. The predicted molar refractivity (Wildman–Crippen MR) is 156 cm³/mol. The van der Waals surface area contributed by atoms with Gasteiger partial charge in [0.15, 0.2) is 11.5 Å². The molecule has 4 atom stereocenters. The minimum Gasteiger partial charge on any atom is -0.493 e. The van der Waals surface area contributed by atoms with Gasteiger partial charge in [-0.2, -0.15) is 0 Å². The number of halogens is 1. The molecule has 0 aromatic heterocycles. The lowest BCUT2D eigenvalue weighted by Gasteiger charge is -2.43. The molecule has 2 aliphatic carbocycles. The summed E-state index contributed by atoms with van der Waals surface area (Å²) in [5, 5.41) is 33.3. The number of ether oxygens (including phenoxy) is 3. The fourth-order valence-electron chi connectivity index (χ4n) is 5.89. The molecular formula is C29H41IN2O8. The summed E-state index contributed by atoms with van der Waals surface area (Å²) in [6, 6.07) is 2.72. The van der Waals surface area contributed by atoms with Crippen LogP contribution in [0, 0.1) is 9.49 Å². The van der Waals surface area contributed by atoms with Crippen LogP contribution >= 0.6 is 22.6 Å². The third-order valence-corrected chi connectivity index (χ3v) is 8.81. The van der Waals surface area contributed by atoms with Crippen LogP contribution in [0.3, 0.4) is 0 Å². The van der Waals surface area contributed by atoms with Gasteiger partial charge in [-0.15, -0.1) is 0 Å². The van der Waals surface area contributed by atoms with Crippen molar-refractivity contribution in [2.24, 2.45) is 5.92 Å². The van der Waals surface area contributed by atoms with Gasteiger partial charge in [0.25, 0.3) is 5.91 Å². The Morgan fingerprint density at radius 2 is 1.93 bits per heavy atom. The zero-order chi connectivity index (χ0) is 28.6. The number of benzene rings is 1. The maximum Gasteiger partial charge on any atom is 0.252 e. The molecule has 222 valence electrons. The normalized spacial score (nSPS) is 25.3. The van der Waals surface area contributed by atoms with Gasteiger partial charge in [0.1, 0.15) is 18.3 Å². The Morgan fingerprint density at radius 1 is 1.15 bits per heavy atom. The van der Waals surface area contributed by atoms with Crippen molar-refractivity contribution in [1.29, 1.82) is 0 Å². The van der Waals surface area contributed by atoms with Crippen molar-refractivity contribution in [3.8, 4) is 11.5 Å². The van der Waals surface area contributed by atoms with Gasteiger partial charge in [-0.3, -0.25) is 9.59 Å². The Morgan fingerprint density at radius 3 is 2.58 bits per heavy atom. The second kappa shape index (κ2) is 14.8. The Balaban J connectivity index is 1.68. The van der Waals surface area contributed by atoms with Gasteiger partial charge >= 0.3 is 0 Å². The van der Waals surface area contributed by atoms with Crippen molar-refractivity contribution >= 4 is 34.4 Å². The first kappa shape index (κ1) is 31.0. The van der Waals surface area contributed by atoms with Gasteiger partial charge in [-0.05, 0) is 78.0 Å². The van der Waals surface area contributed by atoms with E-state index >= 15 is 0 Å². The molecule has 10 nitrogen and oxygen atoms in total. The molecule has 1 aromatic rings. The molecule has 2 amide bonds. The van der Waals surface area contributed by atoms with E-state index in [-0.39, 0.29) is 38.0 Å². The highest BCUT2D eigenvalue weighted by molar-refractivity contribution is 14.1. The van der Waals surface area contributed by atoms with Crippen molar-refractivity contribution < 1.29 is 39.1 Å². The number of rotatable bonds is 11. The molecule has 1 aromatic carbocycles. The second-order valence-corrected chi connectivity index (χ2v) is 11.9. The molecule has 40 heavy (non-hydrogen) atoms. The van der Waals surface area contributed by atoms with Gasteiger partial charge < -0.3 is 39.7 Å². The Labute approximate surface area is 249 Å². The van der Waals surface area contributed by atoms with Crippen LogP contribution in [0.4, 0.5) is 0 Å². The van der Waals surface area contributed by atoms with Gasteiger partial charge in [0, 0.05) is 31.7 Å². The lowest BCUT2D eigenvalue weighted by Crippen LogP contribution is -2.58. The van der Waals surface area contributed by atoms with E-state index in [1.807, 2.05) is 0 Å². The molecule has 2 fully saturated rings. The molecule has 1 saturated heterocycles. The summed E-state index contributed by atoms with van der Waals surface area (Å²) in [6.45, 7) is 0.734. The fraction of sp³-hybridized carbons (Fsp3) is 0.655. The maximum atomic E-state index is 13.9. The van der Waals surface area contributed by atoms with Crippen LogP contribution < -0.4 is 14.8 Å². The first-order valence-electron chi connectivity index (χ1n) is 14.2. The Bertz CT molecular complexity index is 1050. The van der Waals surface area contributed by atoms with Gasteiger partial charge in [0.05, 0.1) is 29.9 Å². The third-order valence-electron chi connectivity index (χ3n) is 8.01. The number of methoxy groups -OCH3 is 1. The highest BCUT2D eigenvalue weighted by Gasteiger charge is 2.43. The average Bonchev–Trinajstić information content (AvgIpc) is 3.52. The van der Waals surface area contributed by atoms with Crippen LogP contribution in [0.2, 0.25) is 0 Å². The summed E-state index contributed by atoms with van der Waals surface area (Å²) in [5.74, 6) is 0.553. The van der Waals surface area contributed by atoms with Crippen molar-refractivity contribution in [3.05, 3.63) is 32.9 Å². The number of carbonyl (C=O) groups is 2. The molecule has 4 rings (SSSR count). The maximum absolute atomic E-state index is 13.9. The number of aliphatic hydroxyl groups excluding tert-OH is 3. The molecule has 0 spiro atoms. The minimum atomic E-state index is -1.12. The summed E-state index contributed by atoms with van der Waals surface area (Å²) >= 11 is 2.08. The van der Waals surface area contributed by atoms with E-state index in [9.17, 15) is 24.9 Å². The van der Waals surface area contributed by atoms with E-state index in [1.54, 1.807) is 23.1 Å². The lowest BCUT2D eigenvalue weighted by molar-refractivity contribution is -0.149. The fourth-order valence-corrected chi connectivity index (χ4v) is 6.68. The zero-order valence-electron chi connectivity index (χ0n) is 23.0. The van der Waals surface area contributed by atoms with E-state index in [0.717, 1.165) is 32.1 Å². The van der Waals surface area contributed by atoms with Crippen molar-refractivity contribution in [2.75, 3.05) is 33.4 Å². The van der Waals surface area contributed by atoms with E-state index < -0.39 is 24.4 Å². The minimum absolute atomic E-state index is 0.0872. The summed E-state index contributed by atoms with van der Waals surface area (Å²) in [5.41, 5.74) is 1.03. The predicted octanol–water partition coefficient (Wildman–Crippen LogP) is 2.30. The molecule has 4 unspecified atom stereocenters. The van der Waals surface area contributed by atoms with Crippen molar-refractivity contribution in [2.45, 2.75) is 82.3 Å². The Kier molecular flexibility index (Phi) is 11.5. The number of amides is 2. The first-order chi connectivity index (χ1) is 19.4. The summed E-state index contributed by atoms with van der Waals surface area (Å²) in [4.78, 5) is 28.7. The van der Waals surface area contributed by atoms with Crippen molar-refractivity contribution in [1.82, 2.24) is 10.2 Å². The van der Waals surface area contributed by atoms with Crippen LogP contribution in [0.25, 0.3) is 0 Å². The van der Waals surface area contributed by atoms with Crippen LogP contribution in [0.5, 0.6) is 11.5 Å². The molecule has 1 aliphatic heterocycles. The van der Waals surface area contributed by atoms with Crippen LogP contribution in [-0.4, -0.2) is 89.8 Å². The SMILES string of the molecule is COc1cc(CO)cc(I)c1OC1C=C(C(=O)NCCO)CC(N(CC2CCCCC2)C(=O)C2CCCO2)C1O. The zero-order valence-corrected chi connectivity index (χ0v) is 25.2. The van der Waals surface area contributed by atoms with Crippen LogP contribution in [-0.2, 0) is 20.9 Å². The van der Waals surface area contributed by atoms with E-state index in [4.69, 9.17) is 14.2 Å². The summed E-state index contributed by atoms with van der Waals surface area (Å²) < 4.78 is 18.3. The van der Waals surface area contributed by atoms with Crippen LogP contribution in [0.15, 0.2) is 23.8 Å². The number of hydrogen-bond acceptors (Lipinski definition) is 8. The average molecular weight is 673 g/mol. The van der Waals surface area contributed by atoms with Gasteiger partial charge in [0.2, 0.25) is 5.91 Å².